The fourth-order valence-electron chi connectivity index (χ4n) is 0.103. The first-order valence-electron chi connectivity index (χ1n) is 1.58. The van der Waals surface area contributed by atoms with Crippen molar-refractivity contribution >= 4 is 0 Å². The Hall–Kier alpha value is -0.900. The van der Waals surface area contributed by atoms with E-state index in [0.717, 1.165) is 0 Å². The molecule has 0 saturated heterocycles. The van der Waals surface area contributed by atoms with Crippen molar-refractivity contribution in [1.82, 2.24) is 0 Å². The molecule has 0 rings (SSSR count). The van der Waals surface area contributed by atoms with Crippen LogP contribution in [0.3, 0.4) is 0 Å². The van der Waals surface area contributed by atoms with Gasteiger partial charge in [0.25, 0.3) is 0 Å². The zero-order valence-electron chi connectivity index (χ0n) is 3.53. The van der Waals surface area contributed by atoms with E-state index in [1.807, 2.05) is 0 Å². The summed E-state index contributed by atoms with van der Waals surface area (Å²) >= 11 is 0. The summed E-state index contributed by atoms with van der Waals surface area (Å²) in [6.45, 7) is -0.636. The first-order chi connectivity index (χ1) is 3.31. The second-order valence-electron chi connectivity index (χ2n) is 0.741. The molecule has 0 aliphatic rings. The maximum Gasteiger partial charge on any atom is 0.314 e. The van der Waals surface area contributed by atoms with Crippen LogP contribution in [0.4, 0.5) is 0 Å². The SMILES string of the molecule is OC=C(O)OCO. The van der Waals surface area contributed by atoms with Crippen molar-refractivity contribution in [3.8, 4) is 0 Å². The standard InChI is InChI=1S/C3H6O4/c4-1-3(6)7-2-5/h1,4-6H,2H2. The Morgan fingerprint density at radius 2 is 2.29 bits per heavy atom. The quantitative estimate of drug-likeness (QED) is 0.338. The lowest BCUT2D eigenvalue weighted by atomic mass is 11.0. The van der Waals surface area contributed by atoms with Gasteiger partial charge < -0.3 is 20.1 Å². The molecule has 0 saturated carbocycles. The molecule has 0 amide bonds. The summed E-state index contributed by atoms with van der Waals surface area (Å²) in [6, 6.07) is 0. The van der Waals surface area contributed by atoms with Gasteiger partial charge in [-0.05, 0) is 0 Å². The van der Waals surface area contributed by atoms with Gasteiger partial charge in [0.2, 0.25) is 0 Å². The Labute approximate surface area is 40.3 Å². The minimum atomic E-state index is -0.692. The predicted molar refractivity (Wildman–Crippen MR) is 21.5 cm³/mol. The van der Waals surface area contributed by atoms with Crippen molar-refractivity contribution in [2.24, 2.45) is 0 Å². The average molecular weight is 106 g/mol. The van der Waals surface area contributed by atoms with Crippen LogP contribution in [-0.2, 0) is 4.74 Å². The van der Waals surface area contributed by atoms with Crippen LogP contribution in [0, 0.1) is 0 Å². The summed E-state index contributed by atoms with van der Waals surface area (Å²) in [5, 5.41) is 23.7. The molecular weight excluding hydrogens is 100 g/mol. The smallest absolute Gasteiger partial charge is 0.314 e. The average Bonchev–Trinajstić information content (AvgIpc) is 1.68. The third kappa shape index (κ3) is 2.92. The highest BCUT2D eigenvalue weighted by Crippen LogP contribution is 1.84. The molecular formula is C3H6O4. The molecule has 0 aromatic rings. The van der Waals surface area contributed by atoms with E-state index in [9.17, 15) is 0 Å². The van der Waals surface area contributed by atoms with Crippen LogP contribution in [-0.4, -0.2) is 22.1 Å². The van der Waals surface area contributed by atoms with Gasteiger partial charge >= 0.3 is 5.95 Å². The number of rotatable bonds is 2. The summed E-state index contributed by atoms with van der Waals surface area (Å²) < 4.78 is 3.91. The van der Waals surface area contributed by atoms with E-state index in [0.29, 0.717) is 6.26 Å². The first-order valence-corrected chi connectivity index (χ1v) is 1.58. The molecule has 0 radical (unpaired) electrons. The minimum absolute atomic E-state index is 0.343. The number of hydrogen-bond acceptors (Lipinski definition) is 4. The molecule has 0 aromatic carbocycles. The van der Waals surface area contributed by atoms with Crippen LogP contribution in [0.5, 0.6) is 0 Å². The van der Waals surface area contributed by atoms with Crippen molar-refractivity contribution in [2.45, 2.75) is 0 Å². The molecule has 3 N–H and O–H groups in total. The van der Waals surface area contributed by atoms with E-state index in [1.165, 1.54) is 0 Å². The van der Waals surface area contributed by atoms with Gasteiger partial charge in [0.15, 0.2) is 13.1 Å². The van der Waals surface area contributed by atoms with Crippen molar-refractivity contribution in [1.29, 1.82) is 0 Å². The van der Waals surface area contributed by atoms with Gasteiger partial charge in [-0.2, -0.15) is 0 Å². The highest BCUT2D eigenvalue weighted by atomic mass is 16.7. The van der Waals surface area contributed by atoms with Gasteiger partial charge in [-0.1, -0.05) is 0 Å². The molecule has 0 atom stereocenters. The maximum atomic E-state index is 8.09. The summed E-state index contributed by atoms with van der Waals surface area (Å²) in [4.78, 5) is 0. The Kier molecular flexibility index (Phi) is 2.87. The van der Waals surface area contributed by atoms with Crippen molar-refractivity contribution in [2.75, 3.05) is 6.79 Å². The topological polar surface area (TPSA) is 69.9 Å². The van der Waals surface area contributed by atoms with Gasteiger partial charge in [-0.25, -0.2) is 0 Å². The zero-order chi connectivity index (χ0) is 5.70. The molecule has 0 heterocycles. The number of ether oxygens (including phenoxy) is 1. The van der Waals surface area contributed by atoms with Crippen molar-refractivity contribution in [3.05, 3.63) is 12.2 Å². The molecule has 0 aromatic heterocycles. The third-order valence-corrected chi connectivity index (χ3v) is 0.323. The molecule has 0 fully saturated rings. The molecule has 0 spiro atoms. The van der Waals surface area contributed by atoms with E-state index in [4.69, 9.17) is 15.3 Å². The van der Waals surface area contributed by atoms with E-state index in [-0.39, 0.29) is 0 Å². The van der Waals surface area contributed by atoms with E-state index < -0.39 is 12.7 Å². The highest BCUT2D eigenvalue weighted by molar-refractivity contribution is 4.67. The monoisotopic (exact) mass is 106 g/mol. The van der Waals surface area contributed by atoms with Crippen molar-refractivity contribution < 1.29 is 20.1 Å². The molecule has 7 heavy (non-hydrogen) atoms. The molecule has 4 heteroatoms. The van der Waals surface area contributed by atoms with Crippen LogP contribution in [0.1, 0.15) is 0 Å². The van der Waals surface area contributed by atoms with Gasteiger partial charge in [0.05, 0.1) is 0 Å². The van der Waals surface area contributed by atoms with E-state index in [2.05, 4.69) is 4.74 Å². The second-order valence-corrected chi connectivity index (χ2v) is 0.741. The van der Waals surface area contributed by atoms with Crippen LogP contribution in [0.2, 0.25) is 0 Å². The fourth-order valence-corrected chi connectivity index (χ4v) is 0.103. The van der Waals surface area contributed by atoms with E-state index in [1.54, 1.807) is 0 Å². The Morgan fingerprint density at radius 3 is 2.43 bits per heavy atom. The lowest BCUT2D eigenvalue weighted by Gasteiger charge is -1.94. The van der Waals surface area contributed by atoms with Crippen LogP contribution >= 0.6 is 0 Å². The van der Waals surface area contributed by atoms with Gasteiger partial charge in [-0.15, -0.1) is 0 Å². The largest absolute Gasteiger partial charge is 0.508 e. The molecule has 0 aliphatic heterocycles. The fraction of sp³-hybridized carbons (Fsp3) is 0.333. The van der Waals surface area contributed by atoms with Gasteiger partial charge in [0.1, 0.15) is 0 Å². The van der Waals surface area contributed by atoms with Crippen LogP contribution in [0.25, 0.3) is 0 Å². The van der Waals surface area contributed by atoms with Crippen LogP contribution in [0.15, 0.2) is 12.2 Å². The molecule has 0 aliphatic carbocycles. The number of aliphatic hydroxyl groups is 3. The lowest BCUT2D eigenvalue weighted by Crippen LogP contribution is -1.90. The van der Waals surface area contributed by atoms with E-state index >= 15 is 0 Å². The summed E-state index contributed by atoms with van der Waals surface area (Å²) in [6.07, 6.45) is 0.343. The van der Waals surface area contributed by atoms with Crippen molar-refractivity contribution in [3.63, 3.8) is 0 Å². The zero-order valence-corrected chi connectivity index (χ0v) is 3.53. The summed E-state index contributed by atoms with van der Waals surface area (Å²) in [5.74, 6) is -0.692. The molecule has 0 bridgehead atoms. The Balaban J connectivity index is 3.17. The van der Waals surface area contributed by atoms with Gasteiger partial charge in [-0.3, -0.25) is 0 Å². The normalized spacial score (nSPS) is 11.3. The second kappa shape index (κ2) is 3.30. The molecule has 0 unspecified atom stereocenters. The number of hydrogen-bond donors (Lipinski definition) is 3. The predicted octanol–water partition coefficient (Wildman–Crippen LogP) is -0.132. The summed E-state index contributed by atoms with van der Waals surface area (Å²) in [7, 11) is 0. The Bertz CT molecular complexity index is 67.3. The first kappa shape index (κ1) is 6.10. The molecule has 42 valence electrons. The van der Waals surface area contributed by atoms with Crippen LogP contribution < -0.4 is 0 Å². The number of aliphatic hydroxyl groups excluding tert-OH is 3. The lowest BCUT2D eigenvalue weighted by molar-refractivity contribution is -0.0162. The third-order valence-electron chi connectivity index (χ3n) is 0.323. The van der Waals surface area contributed by atoms with Gasteiger partial charge in [0, 0.05) is 0 Å². The Morgan fingerprint density at radius 1 is 1.71 bits per heavy atom. The highest BCUT2D eigenvalue weighted by Gasteiger charge is 1.84. The molecule has 4 nitrogen and oxygen atoms in total. The maximum absolute atomic E-state index is 8.09. The summed E-state index contributed by atoms with van der Waals surface area (Å²) in [5.41, 5.74) is 0. The minimum Gasteiger partial charge on any atom is -0.508 e.